The van der Waals surface area contributed by atoms with Crippen molar-refractivity contribution in [2.45, 2.75) is 25.7 Å². The average molecular weight is 179 g/mol. The zero-order chi connectivity index (χ0) is 9.26. The molecule has 0 saturated heterocycles. The highest BCUT2D eigenvalue weighted by Gasteiger charge is 2.28. The second-order valence-electron chi connectivity index (χ2n) is 3.73. The number of hydrogen-bond acceptors (Lipinski definition) is 3. The molecule has 0 radical (unpaired) electrons. The highest BCUT2D eigenvalue weighted by Crippen LogP contribution is 2.26. The SMILES string of the molecule is O=C1CC(=O)CC(C2=CCCN2)C1. The maximum Gasteiger partial charge on any atom is 0.140 e. The van der Waals surface area contributed by atoms with Crippen molar-refractivity contribution >= 4 is 11.6 Å². The molecule has 3 nitrogen and oxygen atoms in total. The topological polar surface area (TPSA) is 46.2 Å². The summed E-state index contributed by atoms with van der Waals surface area (Å²) in [7, 11) is 0. The molecular formula is C10H13NO2. The molecule has 1 aliphatic heterocycles. The molecule has 2 rings (SSSR count). The van der Waals surface area contributed by atoms with Crippen LogP contribution in [-0.4, -0.2) is 18.1 Å². The molecule has 1 fully saturated rings. The van der Waals surface area contributed by atoms with Crippen molar-refractivity contribution in [2.24, 2.45) is 5.92 Å². The number of rotatable bonds is 1. The first-order chi connectivity index (χ1) is 6.25. The molecule has 0 aromatic rings. The third-order valence-electron chi connectivity index (χ3n) is 2.62. The second kappa shape index (κ2) is 3.32. The summed E-state index contributed by atoms with van der Waals surface area (Å²) < 4.78 is 0. The van der Waals surface area contributed by atoms with Gasteiger partial charge in [0.1, 0.15) is 11.6 Å². The van der Waals surface area contributed by atoms with Crippen LogP contribution in [0.5, 0.6) is 0 Å². The van der Waals surface area contributed by atoms with Crippen molar-refractivity contribution < 1.29 is 9.59 Å². The lowest BCUT2D eigenvalue weighted by atomic mass is 9.85. The van der Waals surface area contributed by atoms with Crippen LogP contribution in [0, 0.1) is 5.92 Å². The summed E-state index contributed by atoms with van der Waals surface area (Å²) in [6, 6.07) is 0. The van der Waals surface area contributed by atoms with Crippen molar-refractivity contribution in [1.29, 1.82) is 0 Å². The summed E-state index contributed by atoms with van der Waals surface area (Å²) in [6.07, 6.45) is 4.38. The number of nitrogens with one attached hydrogen (secondary N) is 1. The number of Topliss-reactive ketones (excluding diaryl/α,β-unsaturated/α-hetero) is 2. The largest absolute Gasteiger partial charge is 0.388 e. The average Bonchev–Trinajstić information content (AvgIpc) is 2.53. The molecule has 0 unspecified atom stereocenters. The maximum absolute atomic E-state index is 11.2. The molecule has 0 aromatic carbocycles. The van der Waals surface area contributed by atoms with Gasteiger partial charge < -0.3 is 5.32 Å². The Balaban J connectivity index is 2.06. The summed E-state index contributed by atoms with van der Waals surface area (Å²) in [5, 5.41) is 3.22. The predicted molar refractivity (Wildman–Crippen MR) is 48.1 cm³/mol. The van der Waals surface area contributed by atoms with Crippen LogP contribution in [0.2, 0.25) is 0 Å². The van der Waals surface area contributed by atoms with Crippen molar-refractivity contribution in [2.75, 3.05) is 6.54 Å². The molecule has 70 valence electrons. The highest BCUT2D eigenvalue weighted by atomic mass is 16.1. The molecule has 0 amide bonds. The van der Waals surface area contributed by atoms with Crippen molar-refractivity contribution in [3.63, 3.8) is 0 Å². The van der Waals surface area contributed by atoms with E-state index >= 15 is 0 Å². The Hall–Kier alpha value is -1.12. The monoisotopic (exact) mass is 179 g/mol. The summed E-state index contributed by atoms with van der Waals surface area (Å²) in [6.45, 7) is 0.953. The van der Waals surface area contributed by atoms with Crippen molar-refractivity contribution in [3.8, 4) is 0 Å². The summed E-state index contributed by atoms with van der Waals surface area (Å²) in [4.78, 5) is 22.3. The van der Waals surface area contributed by atoms with Gasteiger partial charge in [-0.05, 0) is 6.42 Å². The lowest BCUT2D eigenvalue weighted by Crippen LogP contribution is -2.27. The summed E-state index contributed by atoms with van der Waals surface area (Å²) in [5.41, 5.74) is 1.11. The lowest BCUT2D eigenvalue weighted by Gasteiger charge is -2.21. The van der Waals surface area contributed by atoms with Gasteiger partial charge in [-0.1, -0.05) is 6.08 Å². The van der Waals surface area contributed by atoms with Gasteiger partial charge in [-0.2, -0.15) is 0 Å². The van der Waals surface area contributed by atoms with Crippen LogP contribution >= 0.6 is 0 Å². The van der Waals surface area contributed by atoms with E-state index in [1.54, 1.807) is 0 Å². The van der Waals surface area contributed by atoms with E-state index in [0.29, 0.717) is 12.8 Å². The van der Waals surface area contributed by atoms with Crippen LogP contribution in [0.3, 0.4) is 0 Å². The molecular weight excluding hydrogens is 166 g/mol. The Morgan fingerprint density at radius 3 is 2.46 bits per heavy atom. The van der Waals surface area contributed by atoms with Crippen LogP contribution in [0.15, 0.2) is 11.8 Å². The molecule has 2 aliphatic rings. The van der Waals surface area contributed by atoms with Gasteiger partial charge in [0, 0.05) is 31.0 Å². The van der Waals surface area contributed by atoms with E-state index in [1.165, 1.54) is 0 Å². The third kappa shape index (κ3) is 1.79. The normalized spacial score (nSPS) is 24.5. The number of carbonyl (C=O) groups is 2. The van der Waals surface area contributed by atoms with Crippen LogP contribution in [0.4, 0.5) is 0 Å². The minimum absolute atomic E-state index is 0.0934. The van der Waals surface area contributed by atoms with E-state index in [4.69, 9.17) is 0 Å². The molecule has 1 aliphatic carbocycles. The van der Waals surface area contributed by atoms with Crippen LogP contribution in [0.1, 0.15) is 25.7 Å². The molecule has 0 bridgehead atoms. The second-order valence-corrected chi connectivity index (χ2v) is 3.73. The molecule has 3 heteroatoms. The first kappa shape index (κ1) is 8.48. The zero-order valence-electron chi connectivity index (χ0n) is 7.51. The van der Waals surface area contributed by atoms with Gasteiger partial charge >= 0.3 is 0 Å². The lowest BCUT2D eigenvalue weighted by molar-refractivity contribution is -0.130. The number of hydrogen-bond donors (Lipinski definition) is 1. The molecule has 13 heavy (non-hydrogen) atoms. The minimum Gasteiger partial charge on any atom is -0.388 e. The van der Waals surface area contributed by atoms with Gasteiger partial charge in [0.2, 0.25) is 0 Å². The molecule has 1 N–H and O–H groups in total. The van der Waals surface area contributed by atoms with Crippen LogP contribution < -0.4 is 5.32 Å². The first-order valence-corrected chi connectivity index (χ1v) is 4.73. The van der Waals surface area contributed by atoms with E-state index in [-0.39, 0.29) is 23.9 Å². The Morgan fingerprint density at radius 1 is 1.23 bits per heavy atom. The standard InChI is InChI=1S/C10H13NO2/c12-8-4-7(5-9(13)6-8)10-2-1-3-11-10/h2,7,11H,1,3-6H2. The van der Waals surface area contributed by atoms with Crippen molar-refractivity contribution in [3.05, 3.63) is 11.8 Å². The van der Waals surface area contributed by atoms with Gasteiger partial charge in [-0.15, -0.1) is 0 Å². The molecule has 0 atom stereocenters. The van der Waals surface area contributed by atoms with Gasteiger partial charge in [0.25, 0.3) is 0 Å². The Kier molecular flexibility index (Phi) is 2.17. The van der Waals surface area contributed by atoms with Gasteiger partial charge in [-0.3, -0.25) is 9.59 Å². The molecule has 1 saturated carbocycles. The Morgan fingerprint density at radius 2 is 1.92 bits per heavy atom. The summed E-state index contributed by atoms with van der Waals surface area (Å²) in [5.74, 6) is 0.336. The van der Waals surface area contributed by atoms with E-state index in [9.17, 15) is 9.59 Å². The fraction of sp³-hybridized carbons (Fsp3) is 0.600. The Bertz CT molecular complexity index is 265. The van der Waals surface area contributed by atoms with E-state index in [0.717, 1.165) is 18.7 Å². The fourth-order valence-electron chi connectivity index (χ4n) is 2.03. The van der Waals surface area contributed by atoms with Gasteiger partial charge in [-0.25, -0.2) is 0 Å². The summed E-state index contributed by atoms with van der Waals surface area (Å²) >= 11 is 0. The molecule has 0 spiro atoms. The van der Waals surface area contributed by atoms with Gasteiger partial charge in [0.05, 0.1) is 6.42 Å². The minimum atomic E-state index is 0.0934. The van der Waals surface area contributed by atoms with Crippen LogP contribution in [-0.2, 0) is 9.59 Å². The quantitative estimate of drug-likeness (QED) is 0.606. The Labute approximate surface area is 77.2 Å². The van der Waals surface area contributed by atoms with Gasteiger partial charge in [0.15, 0.2) is 0 Å². The van der Waals surface area contributed by atoms with E-state index in [1.807, 2.05) is 0 Å². The number of allylic oxidation sites excluding steroid dienone is 1. The van der Waals surface area contributed by atoms with E-state index < -0.39 is 0 Å². The third-order valence-corrected chi connectivity index (χ3v) is 2.62. The fourth-order valence-corrected chi connectivity index (χ4v) is 2.03. The maximum atomic E-state index is 11.2. The molecule has 0 aromatic heterocycles. The van der Waals surface area contributed by atoms with Crippen LogP contribution in [0.25, 0.3) is 0 Å². The highest BCUT2D eigenvalue weighted by molar-refractivity contribution is 6.01. The molecule has 1 heterocycles. The smallest absolute Gasteiger partial charge is 0.140 e. The predicted octanol–water partition coefficient (Wildman–Crippen LogP) is 0.802. The van der Waals surface area contributed by atoms with Crippen molar-refractivity contribution in [1.82, 2.24) is 5.32 Å². The van der Waals surface area contributed by atoms with E-state index in [2.05, 4.69) is 11.4 Å². The number of carbonyl (C=O) groups excluding carboxylic acids is 2. The number of ketones is 2. The first-order valence-electron chi connectivity index (χ1n) is 4.73. The zero-order valence-corrected chi connectivity index (χ0v) is 7.51.